The highest BCUT2D eigenvalue weighted by Crippen LogP contribution is 2.19. The molecule has 0 radical (unpaired) electrons. The molecule has 0 atom stereocenters. The minimum atomic E-state index is -0.877. The Labute approximate surface area is 138 Å². The molecule has 0 saturated heterocycles. The number of aryl methyl sites for hydroxylation is 2. The van der Waals surface area contributed by atoms with Crippen LogP contribution in [0.25, 0.3) is 0 Å². The van der Waals surface area contributed by atoms with Crippen LogP contribution in [0, 0.1) is 13.8 Å². The molecule has 0 fully saturated rings. The first-order chi connectivity index (χ1) is 10.9. The Bertz CT molecular complexity index is 528. The van der Waals surface area contributed by atoms with Gasteiger partial charge < -0.3 is 14.7 Å². The van der Waals surface area contributed by atoms with Crippen LogP contribution in [0.1, 0.15) is 43.7 Å². The smallest absolute Gasteiger partial charge is 0.305 e. The van der Waals surface area contributed by atoms with Crippen LogP contribution in [-0.4, -0.2) is 41.6 Å². The van der Waals surface area contributed by atoms with Crippen molar-refractivity contribution < 1.29 is 19.4 Å². The second-order valence-corrected chi connectivity index (χ2v) is 5.69. The minimum absolute atomic E-state index is 0.00464. The van der Waals surface area contributed by atoms with E-state index in [0.29, 0.717) is 19.6 Å². The lowest BCUT2D eigenvalue weighted by Gasteiger charge is -2.19. The van der Waals surface area contributed by atoms with E-state index in [4.69, 9.17) is 9.84 Å². The number of carbonyl (C=O) groups is 2. The van der Waals surface area contributed by atoms with Crippen molar-refractivity contribution in [2.45, 2.75) is 46.5 Å². The van der Waals surface area contributed by atoms with Crippen LogP contribution in [-0.2, 0) is 9.59 Å². The molecule has 0 heterocycles. The molecule has 1 rings (SSSR count). The minimum Gasteiger partial charge on any atom is -0.493 e. The predicted molar refractivity (Wildman–Crippen MR) is 89.8 cm³/mol. The molecule has 0 saturated carbocycles. The predicted octanol–water partition coefficient (Wildman–Crippen LogP) is 3.18. The number of nitrogens with zero attached hydrogens (tertiary/aromatic N) is 1. The zero-order valence-electron chi connectivity index (χ0n) is 14.3. The Morgan fingerprint density at radius 1 is 1.17 bits per heavy atom. The first-order valence-electron chi connectivity index (χ1n) is 8.13. The third-order valence-corrected chi connectivity index (χ3v) is 3.72. The van der Waals surface area contributed by atoms with Crippen LogP contribution in [0.2, 0.25) is 0 Å². The molecule has 128 valence electrons. The first kappa shape index (κ1) is 19.0. The van der Waals surface area contributed by atoms with Gasteiger partial charge in [-0.05, 0) is 50.8 Å². The fraction of sp³-hybridized carbons (Fsp3) is 0.556. The highest BCUT2D eigenvalue weighted by molar-refractivity contribution is 5.77. The van der Waals surface area contributed by atoms with E-state index in [1.807, 2.05) is 32.9 Å². The Morgan fingerprint density at radius 3 is 2.57 bits per heavy atom. The number of benzene rings is 1. The van der Waals surface area contributed by atoms with Gasteiger partial charge in [-0.25, -0.2) is 0 Å². The van der Waals surface area contributed by atoms with E-state index in [2.05, 4.69) is 6.07 Å². The Balaban J connectivity index is 2.26. The lowest BCUT2D eigenvalue weighted by molar-refractivity contribution is -0.138. The number of aliphatic carboxylic acids is 1. The van der Waals surface area contributed by atoms with Crippen molar-refractivity contribution in [2.75, 3.05) is 19.7 Å². The molecule has 5 nitrogen and oxygen atoms in total. The van der Waals surface area contributed by atoms with E-state index >= 15 is 0 Å². The van der Waals surface area contributed by atoms with Gasteiger partial charge in [0.1, 0.15) is 5.75 Å². The zero-order chi connectivity index (χ0) is 17.2. The molecule has 1 amide bonds. The normalized spacial score (nSPS) is 10.4. The average Bonchev–Trinajstić information content (AvgIpc) is 2.50. The lowest BCUT2D eigenvalue weighted by atomic mass is 10.1. The van der Waals surface area contributed by atoms with Gasteiger partial charge in [0.2, 0.25) is 5.91 Å². The zero-order valence-corrected chi connectivity index (χ0v) is 14.3. The van der Waals surface area contributed by atoms with Gasteiger partial charge in [-0.3, -0.25) is 9.59 Å². The van der Waals surface area contributed by atoms with Gasteiger partial charge in [0.25, 0.3) is 0 Å². The van der Waals surface area contributed by atoms with Gasteiger partial charge in [0.05, 0.1) is 13.0 Å². The van der Waals surface area contributed by atoms with Gasteiger partial charge >= 0.3 is 5.97 Å². The maximum Gasteiger partial charge on any atom is 0.305 e. The van der Waals surface area contributed by atoms with Crippen molar-refractivity contribution in [2.24, 2.45) is 0 Å². The van der Waals surface area contributed by atoms with Crippen LogP contribution < -0.4 is 4.74 Å². The van der Waals surface area contributed by atoms with Gasteiger partial charge in [-0.15, -0.1) is 0 Å². The molecule has 0 aromatic heterocycles. The van der Waals surface area contributed by atoms with Crippen molar-refractivity contribution >= 4 is 11.9 Å². The summed E-state index contributed by atoms with van der Waals surface area (Å²) in [6.45, 7) is 7.32. The summed E-state index contributed by atoms with van der Waals surface area (Å²) in [6, 6.07) is 6.11. The SMILES string of the molecule is CCN(CCC(=O)O)C(=O)CCCCOc1cc(C)ccc1C. The maximum absolute atomic E-state index is 12.0. The van der Waals surface area contributed by atoms with Gasteiger partial charge in [-0.2, -0.15) is 0 Å². The van der Waals surface area contributed by atoms with Gasteiger partial charge in [0, 0.05) is 19.5 Å². The second-order valence-electron chi connectivity index (χ2n) is 5.69. The molecule has 5 heteroatoms. The highest BCUT2D eigenvalue weighted by atomic mass is 16.5. The lowest BCUT2D eigenvalue weighted by Crippen LogP contribution is -2.32. The summed E-state index contributed by atoms with van der Waals surface area (Å²) in [7, 11) is 0. The van der Waals surface area contributed by atoms with E-state index in [1.165, 1.54) is 0 Å². The molecule has 0 unspecified atom stereocenters. The van der Waals surface area contributed by atoms with Crippen LogP contribution in [0.3, 0.4) is 0 Å². The maximum atomic E-state index is 12.0. The van der Waals surface area contributed by atoms with Gasteiger partial charge in [-0.1, -0.05) is 12.1 Å². The Kier molecular flexibility index (Phi) is 8.16. The van der Waals surface area contributed by atoms with Crippen molar-refractivity contribution in [3.63, 3.8) is 0 Å². The molecule has 0 spiro atoms. The van der Waals surface area contributed by atoms with E-state index in [-0.39, 0.29) is 18.9 Å². The summed E-state index contributed by atoms with van der Waals surface area (Å²) in [6.07, 6.45) is 1.97. The number of ether oxygens (including phenoxy) is 1. The molecular weight excluding hydrogens is 294 g/mol. The number of amides is 1. The fourth-order valence-electron chi connectivity index (χ4n) is 2.27. The third-order valence-electron chi connectivity index (χ3n) is 3.72. The fourth-order valence-corrected chi connectivity index (χ4v) is 2.27. The number of carboxylic acids is 1. The molecule has 1 aromatic carbocycles. The van der Waals surface area contributed by atoms with E-state index in [1.54, 1.807) is 4.90 Å². The summed E-state index contributed by atoms with van der Waals surface area (Å²) in [4.78, 5) is 24.2. The first-order valence-corrected chi connectivity index (χ1v) is 8.13. The number of unbranched alkanes of at least 4 members (excludes halogenated alkanes) is 1. The molecule has 0 aliphatic rings. The monoisotopic (exact) mass is 321 g/mol. The van der Waals surface area contributed by atoms with Crippen molar-refractivity contribution in [1.29, 1.82) is 0 Å². The van der Waals surface area contributed by atoms with Crippen molar-refractivity contribution in [3.8, 4) is 5.75 Å². The number of carboxylic acid groups (broad SMARTS) is 1. The summed E-state index contributed by atoms with van der Waals surface area (Å²) in [5.41, 5.74) is 2.27. The largest absolute Gasteiger partial charge is 0.493 e. The summed E-state index contributed by atoms with van der Waals surface area (Å²) in [5.74, 6) is 0.0339. The van der Waals surface area contributed by atoms with Gasteiger partial charge in [0.15, 0.2) is 0 Å². The summed E-state index contributed by atoms with van der Waals surface area (Å²) >= 11 is 0. The second kappa shape index (κ2) is 9.87. The summed E-state index contributed by atoms with van der Waals surface area (Å²) in [5, 5.41) is 8.68. The van der Waals surface area contributed by atoms with Crippen LogP contribution in [0.15, 0.2) is 18.2 Å². The Morgan fingerprint density at radius 2 is 1.91 bits per heavy atom. The highest BCUT2D eigenvalue weighted by Gasteiger charge is 2.12. The molecule has 1 N–H and O–H groups in total. The van der Waals surface area contributed by atoms with Crippen LogP contribution in [0.5, 0.6) is 5.75 Å². The molecular formula is C18H27NO4. The topological polar surface area (TPSA) is 66.8 Å². The molecule has 0 aliphatic heterocycles. The summed E-state index contributed by atoms with van der Waals surface area (Å²) < 4.78 is 5.76. The molecule has 0 bridgehead atoms. The molecule has 0 aliphatic carbocycles. The van der Waals surface area contributed by atoms with E-state index in [0.717, 1.165) is 29.7 Å². The number of carbonyl (C=O) groups excluding carboxylic acids is 1. The van der Waals surface area contributed by atoms with E-state index < -0.39 is 5.97 Å². The number of rotatable bonds is 10. The van der Waals surface area contributed by atoms with Crippen molar-refractivity contribution in [1.82, 2.24) is 4.90 Å². The van der Waals surface area contributed by atoms with Crippen LogP contribution in [0.4, 0.5) is 0 Å². The quantitative estimate of drug-likeness (QED) is 0.672. The van der Waals surface area contributed by atoms with Crippen LogP contribution >= 0.6 is 0 Å². The third kappa shape index (κ3) is 7.17. The molecule has 23 heavy (non-hydrogen) atoms. The number of hydrogen-bond donors (Lipinski definition) is 1. The van der Waals surface area contributed by atoms with E-state index in [9.17, 15) is 9.59 Å². The number of hydrogen-bond acceptors (Lipinski definition) is 3. The Hall–Kier alpha value is -2.04. The molecule has 1 aromatic rings. The standard InChI is InChI=1S/C18H27NO4/c1-4-19(11-10-18(21)22)17(20)7-5-6-12-23-16-13-14(2)8-9-15(16)3/h8-9,13H,4-7,10-12H2,1-3H3,(H,21,22). The average molecular weight is 321 g/mol. The van der Waals surface area contributed by atoms with Crippen molar-refractivity contribution in [3.05, 3.63) is 29.3 Å².